The standard InChI is InChI=1S/C22H24Br2/c1-21(2,3)19-15-9-7-13(23)11-17(15)20(22(4,5)6)18-12-14(24)8-10-16(18)19/h7-12H,1-6H3. The van der Waals surface area contributed by atoms with Gasteiger partial charge in [0.15, 0.2) is 0 Å². The normalized spacial score (nSPS) is 13.0. The van der Waals surface area contributed by atoms with Gasteiger partial charge in [0.1, 0.15) is 0 Å². The smallest absolute Gasteiger partial charge is 0.0181 e. The Bertz CT molecular complexity index is 875. The molecule has 0 aliphatic heterocycles. The summed E-state index contributed by atoms with van der Waals surface area (Å²) >= 11 is 7.36. The molecular formula is C22H24Br2. The van der Waals surface area contributed by atoms with E-state index in [1.54, 1.807) is 0 Å². The summed E-state index contributed by atoms with van der Waals surface area (Å²) in [5.41, 5.74) is 2.99. The van der Waals surface area contributed by atoms with Gasteiger partial charge in [-0.1, -0.05) is 85.5 Å². The van der Waals surface area contributed by atoms with Crippen LogP contribution in [0.25, 0.3) is 21.5 Å². The van der Waals surface area contributed by atoms with Crippen LogP contribution in [0.15, 0.2) is 45.3 Å². The molecule has 0 saturated carbocycles. The molecule has 0 atom stereocenters. The zero-order chi connectivity index (χ0) is 17.9. The number of hydrogen-bond acceptors (Lipinski definition) is 0. The van der Waals surface area contributed by atoms with Crippen molar-refractivity contribution in [2.75, 3.05) is 0 Å². The van der Waals surface area contributed by atoms with E-state index in [-0.39, 0.29) is 10.8 Å². The van der Waals surface area contributed by atoms with Gasteiger partial charge in [0.25, 0.3) is 0 Å². The lowest BCUT2D eigenvalue weighted by molar-refractivity contribution is 0.593. The Labute approximate surface area is 161 Å². The summed E-state index contributed by atoms with van der Waals surface area (Å²) in [5.74, 6) is 0. The van der Waals surface area contributed by atoms with Gasteiger partial charge in [0.05, 0.1) is 0 Å². The minimum Gasteiger partial charge on any atom is -0.0560 e. The van der Waals surface area contributed by atoms with Crippen molar-refractivity contribution in [3.8, 4) is 0 Å². The van der Waals surface area contributed by atoms with Crippen LogP contribution in [0.3, 0.4) is 0 Å². The Morgan fingerprint density at radius 1 is 0.542 bits per heavy atom. The van der Waals surface area contributed by atoms with Crippen LogP contribution in [0.5, 0.6) is 0 Å². The van der Waals surface area contributed by atoms with Crippen molar-refractivity contribution in [2.24, 2.45) is 0 Å². The lowest BCUT2D eigenvalue weighted by Gasteiger charge is -2.30. The van der Waals surface area contributed by atoms with Crippen molar-refractivity contribution in [1.82, 2.24) is 0 Å². The Hall–Kier alpha value is -0.860. The maximum atomic E-state index is 3.68. The highest BCUT2D eigenvalue weighted by molar-refractivity contribution is 9.10. The van der Waals surface area contributed by atoms with Crippen molar-refractivity contribution in [1.29, 1.82) is 0 Å². The van der Waals surface area contributed by atoms with Crippen molar-refractivity contribution in [3.05, 3.63) is 56.5 Å². The molecule has 3 rings (SSSR count). The highest BCUT2D eigenvalue weighted by Crippen LogP contribution is 2.44. The Balaban J connectivity index is 2.70. The fraction of sp³-hybridized carbons (Fsp3) is 0.364. The van der Waals surface area contributed by atoms with Gasteiger partial charge >= 0.3 is 0 Å². The van der Waals surface area contributed by atoms with Crippen LogP contribution in [0.2, 0.25) is 0 Å². The van der Waals surface area contributed by atoms with Crippen LogP contribution in [0.4, 0.5) is 0 Å². The molecule has 0 nitrogen and oxygen atoms in total. The van der Waals surface area contributed by atoms with E-state index in [1.807, 2.05) is 0 Å². The van der Waals surface area contributed by atoms with Gasteiger partial charge in [-0.05, 0) is 67.8 Å². The van der Waals surface area contributed by atoms with E-state index < -0.39 is 0 Å². The molecular weight excluding hydrogens is 424 g/mol. The van der Waals surface area contributed by atoms with Gasteiger partial charge in [0.2, 0.25) is 0 Å². The van der Waals surface area contributed by atoms with Crippen LogP contribution in [-0.2, 0) is 10.8 Å². The van der Waals surface area contributed by atoms with Crippen molar-refractivity contribution < 1.29 is 0 Å². The molecule has 0 radical (unpaired) electrons. The summed E-state index contributed by atoms with van der Waals surface area (Å²) in [6.07, 6.45) is 0. The molecule has 126 valence electrons. The summed E-state index contributed by atoms with van der Waals surface area (Å²) in [7, 11) is 0. The summed E-state index contributed by atoms with van der Waals surface area (Å²) < 4.78 is 2.27. The molecule has 3 aromatic carbocycles. The van der Waals surface area contributed by atoms with E-state index in [0.29, 0.717) is 0 Å². The second kappa shape index (κ2) is 5.85. The molecule has 0 unspecified atom stereocenters. The topological polar surface area (TPSA) is 0 Å². The molecule has 0 fully saturated rings. The van der Waals surface area contributed by atoms with Gasteiger partial charge in [0, 0.05) is 8.95 Å². The molecule has 0 saturated heterocycles. The van der Waals surface area contributed by atoms with Gasteiger partial charge in [-0.3, -0.25) is 0 Å². The lowest BCUT2D eigenvalue weighted by atomic mass is 9.74. The molecule has 0 aliphatic carbocycles. The van der Waals surface area contributed by atoms with E-state index in [9.17, 15) is 0 Å². The second-order valence-corrected chi connectivity index (χ2v) is 10.5. The number of hydrogen-bond donors (Lipinski definition) is 0. The largest absolute Gasteiger partial charge is 0.0560 e. The minimum atomic E-state index is 0.0640. The molecule has 2 heteroatoms. The monoisotopic (exact) mass is 446 g/mol. The highest BCUT2D eigenvalue weighted by Gasteiger charge is 2.27. The number of halogens is 2. The highest BCUT2D eigenvalue weighted by atomic mass is 79.9. The van der Waals surface area contributed by atoms with E-state index >= 15 is 0 Å². The van der Waals surface area contributed by atoms with Gasteiger partial charge in [-0.15, -0.1) is 0 Å². The first-order chi connectivity index (χ1) is 11.0. The maximum absolute atomic E-state index is 3.68. The third-order valence-electron chi connectivity index (χ3n) is 4.54. The first-order valence-corrected chi connectivity index (χ1v) is 9.94. The van der Waals surface area contributed by atoms with E-state index in [1.165, 1.54) is 32.7 Å². The first-order valence-electron chi connectivity index (χ1n) is 8.35. The SMILES string of the molecule is CC(C)(C)c1c2ccc(Br)cc2c(C(C)(C)C)c2cc(Br)ccc12. The Morgan fingerprint density at radius 2 is 0.875 bits per heavy atom. The van der Waals surface area contributed by atoms with Crippen molar-refractivity contribution in [3.63, 3.8) is 0 Å². The fourth-order valence-corrected chi connectivity index (χ4v) is 4.51. The second-order valence-electron chi connectivity index (χ2n) is 8.63. The Kier molecular flexibility index (Phi) is 4.37. The molecule has 0 aliphatic rings. The van der Waals surface area contributed by atoms with Crippen LogP contribution in [-0.4, -0.2) is 0 Å². The number of rotatable bonds is 0. The van der Waals surface area contributed by atoms with Crippen LogP contribution < -0.4 is 0 Å². The quantitative estimate of drug-likeness (QED) is 0.305. The molecule has 3 aromatic rings. The molecule has 0 spiro atoms. The van der Waals surface area contributed by atoms with E-state index in [0.717, 1.165) is 8.95 Å². The fourth-order valence-electron chi connectivity index (χ4n) is 3.79. The van der Waals surface area contributed by atoms with Crippen LogP contribution in [0.1, 0.15) is 52.7 Å². The van der Waals surface area contributed by atoms with Gasteiger partial charge in [-0.2, -0.15) is 0 Å². The summed E-state index contributed by atoms with van der Waals surface area (Å²) in [4.78, 5) is 0. The van der Waals surface area contributed by atoms with E-state index in [4.69, 9.17) is 0 Å². The third kappa shape index (κ3) is 3.04. The molecule has 24 heavy (non-hydrogen) atoms. The molecule has 0 bridgehead atoms. The van der Waals surface area contributed by atoms with Crippen molar-refractivity contribution in [2.45, 2.75) is 52.4 Å². The number of fused-ring (bicyclic) bond motifs is 2. The Morgan fingerprint density at radius 3 is 1.21 bits per heavy atom. The summed E-state index contributed by atoms with van der Waals surface area (Å²) in [5, 5.41) is 5.44. The predicted molar refractivity (Wildman–Crippen MR) is 114 cm³/mol. The molecule has 0 heterocycles. The van der Waals surface area contributed by atoms with Crippen LogP contribution in [0, 0.1) is 0 Å². The summed E-state index contributed by atoms with van der Waals surface area (Å²) in [6, 6.07) is 13.4. The molecule has 0 N–H and O–H groups in total. The zero-order valence-electron chi connectivity index (χ0n) is 15.2. The lowest BCUT2D eigenvalue weighted by Crippen LogP contribution is -2.17. The average molecular weight is 448 g/mol. The third-order valence-corrected chi connectivity index (χ3v) is 5.53. The van der Waals surface area contributed by atoms with Gasteiger partial charge in [-0.25, -0.2) is 0 Å². The predicted octanol–water partition coefficient (Wildman–Crippen LogP) is 8.11. The first kappa shape index (κ1) is 17.9. The van der Waals surface area contributed by atoms with E-state index in [2.05, 4.69) is 110 Å². The summed E-state index contributed by atoms with van der Waals surface area (Å²) in [6.45, 7) is 13.8. The molecule has 0 amide bonds. The number of benzene rings is 3. The molecule has 0 aromatic heterocycles. The zero-order valence-corrected chi connectivity index (χ0v) is 18.4. The maximum Gasteiger partial charge on any atom is 0.0181 e. The van der Waals surface area contributed by atoms with Gasteiger partial charge < -0.3 is 0 Å². The average Bonchev–Trinajstić information content (AvgIpc) is 2.41. The van der Waals surface area contributed by atoms with Crippen LogP contribution >= 0.6 is 31.9 Å². The van der Waals surface area contributed by atoms with Crippen molar-refractivity contribution >= 4 is 53.4 Å². The minimum absolute atomic E-state index is 0.0640.